The Labute approximate surface area is 181 Å². The Morgan fingerprint density at radius 2 is 1.94 bits per heavy atom. The Balaban J connectivity index is 1.39. The maximum atomic E-state index is 12.8. The van der Waals surface area contributed by atoms with Gasteiger partial charge in [0, 0.05) is 18.5 Å². The molecular weight excluding hydrogens is 392 g/mol. The van der Waals surface area contributed by atoms with Crippen LogP contribution >= 0.6 is 0 Å². The Kier molecular flexibility index (Phi) is 5.88. The van der Waals surface area contributed by atoms with Crippen molar-refractivity contribution >= 4 is 22.7 Å². The molecule has 31 heavy (non-hydrogen) atoms. The summed E-state index contributed by atoms with van der Waals surface area (Å²) < 4.78 is 1.81. The SMILES string of the molecule is CC[C@H](C)[C@H](NC(N)=O)C(=O)N1CC(Cc2cn(-c3cccc4ccccc34)nn2)C1. The lowest BCUT2D eigenvalue weighted by molar-refractivity contribution is -0.140. The first-order valence-electron chi connectivity index (χ1n) is 10.7. The lowest BCUT2D eigenvalue weighted by atomic mass is 9.91. The van der Waals surface area contributed by atoms with Gasteiger partial charge in [0.1, 0.15) is 6.04 Å². The molecule has 0 aliphatic carbocycles. The molecule has 1 saturated heterocycles. The molecular formula is C23H28N6O2. The average Bonchev–Trinajstić information content (AvgIpc) is 3.21. The van der Waals surface area contributed by atoms with Crippen LogP contribution in [0.25, 0.3) is 16.5 Å². The first-order valence-corrected chi connectivity index (χ1v) is 10.7. The predicted molar refractivity (Wildman–Crippen MR) is 119 cm³/mol. The Morgan fingerprint density at radius 3 is 2.68 bits per heavy atom. The molecule has 0 spiro atoms. The van der Waals surface area contributed by atoms with Crippen molar-refractivity contribution in [3.8, 4) is 5.69 Å². The van der Waals surface area contributed by atoms with Gasteiger partial charge >= 0.3 is 6.03 Å². The molecule has 2 atom stereocenters. The molecule has 3 aromatic rings. The van der Waals surface area contributed by atoms with Gasteiger partial charge < -0.3 is 16.0 Å². The van der Waals surface area contributed by atoms with Gasteiger partial charge in [-0.25, -0.2) is 9.48 Å². The molecule has 1 aliphatic heterocycles. The van der Waals surface area contributed by atoms with Gasteiger partial charge in [-0.2, -0.15) is 0 Å². The number of urea groups is 1. The van der Waals surface area contributed by atoms with Gasteiger partial charge in [-0.05, 0) is 29.7 Å². The van der Waals surface area contributed by atoms with Crippen LogP contribution in [0, 0.1) is 11.8 Å². The highest BCUT2D eigenvalue weighted by Crippen LogP contribution is 2.24. The van der Waals surface area contributed by atoms with Crippen LogP contribution in [0.3, 0.4) is 0 Å². The minimum atomic E-state index is -0.666. The maximum absolute atomic E-state index is 12.8. The molecule has 162 valence electrons. The van der Waals surface area contributed by atoms with E-state index in [4.69, 9.17) is 5.73 Å². The molecule has 1 aliphatic rings. The van der Waals surface area contributed by atoms with Crippen molar-refractivity contribution in [1.29, 1.82) is 0 Å². The number of nitrogens with two attached hydrogens (primary N) is 1. The lowest BCUT2D eigenvalue weighted by Gasteiger charge is -2.41. The molecule has 0 saturated carbocycles. The number of carbonyl (C=O) groups is 2. The number of nitrogens with zero attached hydrogens (tertiary/aromatic N) is 4. The summed E-state index contributed by atoms with van der Waals surface area (Å²) >= 11 is 0. The first-order chi connectivity index (χ1) is 15.0. The Hall–Kier alpha value is -3.42. The molecule has 8 heteroatoms. The molecule has 4 rings (SSSR count). The number of amides is 3. The smallest absolute Gasteiger partial charge is 0.312 e. The number of rotatable bonds is 7. The van der Waals surface area contributed by atoms with Crippen LogP contribution in [0.2, 0.25) is 0 Å². The van der Waals surface area contributed by atoms with Crippen LogP contribution < -0.4 is 11.1 Å². The fraction of sp³-hybridized carbons (Fsp3) is 0.391. The van der Waals surface area contributed by atoms with Crippen LogP contribution in [0.4, 0.5) is 4.79 Å². The number of hydrogen-bond donors (Lipinski definition) is 2. The topological polar surface area (TPSA) is 106 Å². The van der Waals surface area contributed by atoms with Crippen molar-refractivity contribution in [3.63, 3.8) is 0 Å². The highest BCUT2D eigenvalue weighted by molar-refractivity contribution is 5.90. The monoisotopic (exact) mass is 420 g/mol. The van der Waals surface area contributed by atoms with Crippen LogP contribution in [0.1, 0.15) is 26.0 Å². The molecule has 3 N–H and O–H groups in total. The minimum Gasteiger partial charge on any atom is -0.352 e. The van der Waals surface area contributed by atoms with E-state index in [1.54, 1.807) is 4.90 Å². The molecule has 2 aromatic carbocycles. The third kappa shape index (κ3) is 4.38. The summed E-state index contributed by atoms with van der Waals surface area (Å²) in [6.07, 6.45) is 3.50. The summed E-state index contributed by atoms with van der Waals surface area (Å²) in [7, 11) is 0. The molecule has 2 heterocycles. The summed E-state index contributed by atoms with van der Waals surface area (Å²) in [5, 5.41) is 13.6. The summed E-state index contributed by atoms with van der Waals surface area (Å²) in [6.45, 7) is 5.23. The molecule has 1 fully saturated rings. The second-order valence-electron chi connectivity index (χ2n) is 8.34. The third-order valence-corrected chi connectivity index (χ3v) is 6.10. The number of nitrogens with one attached hydrogen (secondary N) is 1. The van der Waals surface area contributed by atoms with Crippen LogP contribution in [0.15, 0.2) is 48.7 Å². The van der Waals surface area contributed by atoms with Crippen LogP contribution in [-0.2, 0) is 11.2 Å². The van der Waals surface area contributed by atoms with Gasteiger partial charge in [-0.15, -0.1) is 5.10 Å². The number of aromatic nitrogens is 3. The van der Waals surface area contributed by atoms with E-state index in [-0.39, 0.29) is 11.8 Å². The largest absolute Gasteiger partial charge is 0.352 e. The number of benzene rings is 2. The second kappa shape index (κ2) is 8.75. The number of hydrogen-bond acceptors (Lipinski definition) is 4. The van der Waals surface area contributed by atoms with Crippen molar-refractivity contribution < 1.29 is 9.59 Å². The number of fused-ring (bicyclic) bond motifs is 1. The third-order valence-electron chi connectivity index (χ3n) is 6.10. The molecule has 0 bridgehead atoms. The van der Waals surface area contributed by atoms with E-state index in [1.807, 2.05) is 49.0 Å². The molecule has 3 amide bonds. The fourth-order valence-electron chi connectivity index (χ4n) is 4.13. The van der Waals surface area contributed by atoms with Crippen LogP contribution in [0.5, 0.6) is 0 Å². The summed E-state index contributed by atoms with van der Waals surface area (Å²) in [6, 6.07) is 13.1. The Morgan fingerprint density at radius 1 is 1.19 bits per heavy atom. The van der Waals surface area contributed by atoms with E-state index in [9.17, 15) is 9.59 Å². The fourth-order valence-corrected chi connectivity index (χ4v) is 4.13. The molecule has 0 radical (unpaired) electrons. The van der Waals surface area contributed by atoms with Gasteiger partial charge in [0.15, 0.2) is 0 Å². The van der Waals surface area contributed by atoms with E-state index < -0.39 is 12.1 Å². The minimum absolute atomic E-state index is 0.0274. The zero-order valence-corrected chi connectivity index (χ0v) is 17.9. The summed E-state index contributed by atoms with van der Waals surface area (Å²) in [5.41, 5.74) is 7.16. The van der Waals surface area contributed by atoms with E-state index in [2.05, 4.69) is 33.8 Å². The van der Waals surface area contributed by atoms with E-state index >= 15 is 0 Å². The van der Waals surface area contributed by atoms with Gasteiger partial charge in [0.05, 0.1) is 17.6 Å². The van der Waals surface area contributed by atoms with E-state index in [0.717, 1.165) is 35.0 Å². The maximum Gasteiger partial charge on any atom is 0.312 e. The highest BCUT2D eigenvalue weighted by Gasteiger charge is 2.37. The predicted octanol–water partition coefficient (Wildman–Crippen LogP) is 2.50. The lowest BCUT2D eigenvalue weighted by Crippen LogP contribution is -2.59. The van der Waals surface area contributed by atoms with Gasteiger partial charge in [-0.3, -0.25) is 4.79 Å². The number of carbonyl (C=O) groups excluding carboxylic acids is 2. The average molecular weight is 421 g/mol. The number of primary amides is 1. The molecule has 8 nitrogen and oxygen atoms in total. The zero-order chi connectivity index (χ0) is 22.0. The number of likely N-dealkylation sites (tertiary alicyclic amines) is 1. The van der Waals surface area contributed by atoms with Crippen LogP contribution in [-0.4, -0.2) is 51.0 Å². The standard InChI is InChI=1S/C23H28N6O2/c1-3-15(2)21(25-23(24)31)22(30)28-12-16(13-28)11-18-14-29(27-26-18)20-10-6-8-17-7-4-5-9-19(17)20/h4-10,14-16,21H,3,11-13H2,1-2H3,(H3,24,25,31)/t15-,21-/m0/s1. The van der Waals surface area contributed by atoms with E-state index in [1.165, 1.54) is 0 Å². The zero-order valence-electron chi connectivity index (χ0n) is 17.9. The normalized spacial score (nSPS) is 16.0. The summed E-state index contributed by atoms with van der Waals surface area (Å²) in [4.78, 5) is 25.9. The highest BCUT2D eigenvalue weighted by atomic mass is 16.2. The quantitative estimate of drug-likeness (QED) is 0.612. The van der Waals surface area contributed by atoms with Crippen molar-refractivity contribution in [3.05, 3.63) is 54.4 Å². The molecule has 0 unspecified atom stereocenters. The first kappa shape index (κ1) is 20.8. The van der Waals surface area contributed by atoms with Crippen molar-refractivity contribution in [2.75, 3.05) is 13.1 Å². The Bertz CT molecular complexity index is 1080. The van der Waals surface area contributed by atoms with Crippen molar-refractivity contribution in [2.24, 2.45) is 17.6 Å². The second-order valence-corrected chi connectivity index (χ2v) is 8.34. The summed E-state index contributed by atoms with van der Waals surface area (Å²) in [5.74, 6) is 0.288. The van der Waals surface area contributed by atoms with Gasteiger partial charge in [-0.1, -0.05) is 61.9 Å². The van der Waals surface area contributed by atoms with Crippen molar-refractivity contribution in [1.82, 2.24) is 25.2 Å². The van der Waals surface area contributed by atoms with Crippen molar-refractivity contribution in [2.45, 2.75) is 32.7 Å². The van der Waals surface area contributed by atoms with Gasteiger partial charge in [0.2, 0.25) is 5.91 Å². The van der Waals surface area contributed by atoms with Gasteiger partial charge in [0.25, 0.3) is 0 Å². The molecule has 1 aromatic heterocycles. The van der Waals surface area contributed by atoms with E-state index in [0.29, 0.717) is 19.0 Å².